The van der Waals surface area contributed by atoms with Gasteiger partial charge in [-0.05, 0) is 31.6 Å². The van der Waals surface area contributed by atoms with Gasteiger partial charge in [-0.15, -0.1) is 0 Å². The van der Waals surface area contributed by atoms with Crippen molar-refractivity contribution < 1.29 is 5.11 Å². The molecule has 108 valence electrons. The zero-order chi connectivity index (χ0) is 14.1. The molecule has 0 aromatic heterocycles. The van der Waals surface area contributed by atoms with Crippen molar-refractivity contribution in [2.45, 2.75) is 32.7 Å². The van der Waals surface area contributed by atoms with Crippen molar-refractivity contribution in [3.8, 4) is 0 Å². The lowest BCUT2D eigenvalue weighted by Crippen LogP contribution is -2.53. The van der Waals surface area contributed by atoms with Gasteiger partial charge in [0, 0.05) is 6.54 Å². The Morgan fingerprint density at radius 3 is 2.21 bits per heavy atom. The number of aliphatic hydroxyl groups excluding tert-OH is 1. The molecule has 0 radical (unpaired) electrons. The summed E-state index contributed by atoms with van der Waals surface area (Å²) in [5.74, 6) is 0. The summed E-state index contributed by atoms with van der Waals surface area (Å²) < 4.78 is 0. The van der Waals surface area contributed by atoms with Crippen LogP contribution in [0, 0.1) is 0 Å². The Morgan fingerprint density at radius 2 is 1.74 bits per heavy atom. The van der Waals surface area contributed by atoms with Crippen LogP contribution in [0.3, 0.4) is 0 Å². The molecule has 3 nitrogen and oxygen atoms in total. The number of aliphatic hydroxyl groups is 1. The predicted octanol–water partition coefficient (Wildman–Crippen LogP) is 2.22. The van der Waals surface area contributed by atoms with Gasteiger partial charge in [0.25, 0.3) is 0 Å². The zero-order valence-electron chi connectivity index (χ0n) is 12.5. The number of nitrogens with one attached hydrogen (secondary N) is 1. The molecule has 1 aromatic rings. The Bertz CT molecular complexity index is 338. The van der Waals surface area contributed by atoms with Crippen molar-refractivity contribution >= 4 is 0 Å². The average Bonchev–Trinajstić information content (AvgIpc) is 2.49. The van der Waals surface area contributed by atoms with E-state index in [1.165, 1.54) is 0 Å². The van der Waals surface area contributed by atoms with E-state index in [4.69, 9.17) is 0 Å². The second-order valence-corrected chi connectivity index (χ2v) is 4.99. The molecular weight excluding hydrogens is 236 g/mol. The first kappa shape index (κ1) is 16.2. The minimum absolute atomic E-state index is 0.119. The molecule has 0 fully saturated rings. The van der Waals surface area contributed by atoms with E-state index in [0.29, 0.717) is 0 Å². The smallest absolute Gasteiger partial charge is 0.0797 e. The van der Waals surface area contributed by atoms with Gasteiger partial charge in [0.1, 0.15) is 0 Å². The summed E-state index contributed by atoms with van der Waals surface area (Å²) >= 11 is 0. The molecule has 0 aliphatic heterocycles. The third-order valence-corrected chi connectivity index (χ3v) is 3.70. The number of hydrogen-bond acceptors (Lipinski definition) is 3. The van der Waals surface area contributed by atoms with Gasteiger partial charge in [-0.2, -0.15) is 0 Å². The highest BCUT2D eigenvalue weighted by atomic mass is 16.3. The van der Waals surface area contributed by atoms with Crippen LogP contribution in [0.5, 0.6) is 0 Å². The van der Waals surface area contributed by atoms with Crippen LogP contribution in [-0.4, -0.2) is 42.8 Å². The lowest BCUT2D eigenvalue weighted by molar-refractivity contribution is 0.111. The second-order valence-electron chi connectivity index (χ2n) is 4.99. The molecule has 3 heteroatoms. The number of likely N-dealkylation sites (N-methyl/N-ethyl adjacent to an activating group) is 1. The van der Waals surface area contributed by atoms with E-state index in [-0.39, 0.29) is 12.1 Å². The Kier molecular flexibility index (Phi) is 7.06. The molecule has 0 saturated carbocycles. The van der Waals surface area contributed by atoms with Crippen LogP contribution in [0.15, 0.2) is 30.3 Å². The summed E-state index contributed by atoms with van der Waals surface area (Å²) in [6, 6.07) is 10.3. The van der Waals surface area contributed by atoms with E-state index in [9.17, 15) is 5.11 Å². The van der Waals surface area contributed by atoms with E-state index >= 15 is 0 Å². The lowest BCUT2D eigenvalue weighted by Gasteiger charge is -2.38. The van der Waals surface area contributed by atoms with Gasteiger partial charge >= 0.3 is 0 Å². The minimum atomic E-state index is -0.358. The molecule has 1 rings (SSSR count). The molecule has 1 atom stereocenters. The second kappa shape index (κ2) is 8.31. The van der Waals surface area contributed by atoms with Crippen LogP contribution in [0.1, 0.15) is 32.8 Å². The van der Waals surface area contributed by atoms with Crippen LogP contribution in [-0.2, 0) is 5.54 Å². The Labute approximate surface area is 117 Å². The number of hydrogen-bond donors (Lipinski definition) is 2. The maximum Gasteiger partial charge on any atom is 0.0797 e. The largest absolute Gasteiger partial charge is 0.394 e. The van der Waals surface area contributed by atoms with Gasteiger partial charge < -0.3 is 15.3 Å². The summed E-state index contributed by atoms with van der Waals surface area (Å²) in [5.41, 5.74) is 0.807. The normalized spacial score (nSPS) is 14.6. The Morgan fingerprint density at radius 1 is 1.11 bits per heavy atom. The molecule has 2 N–H and O–H groups in total. The standard InChI is InChI=1S/C16H28N2O/c1-4-12-17-16(14-19,13-18(5-2)6-3)15-10-8-7-9-11-15/h7-11,17,19H,4-6,12-14H2,1-3H3. The molecule has 19 heavy (non-hydrogen) atoms. The van der Waals surface area contributed by atoms with E-state index in [2.05, 4.69) is 43.1 Å². The number of benzene rings is 1. The first-order valence-corrected chi connectivity index (χ1v) is 7.36. The average molecular weight is 264 g/mol. The number of rotatable bonds is 9. The van der Waals surface area contributed by atoms with Gasteiger partial charge in [-0.25, -0.2) is 0 Å². The van der Waals surface area contributed by atoms with Gasteiger partial charge in [0.2, 0.25) is 0 Å². The predicted molar refractivity (Wildman–Crippen MR) is 81.3 cm³/mol. The minimum Gasteiger partial charge on any atom is -0.394 e. The van der Waals surface area contributed by atoms with Crippen molar-refractivity contribution in [2.75, 3.05) is 32.8 Å². The molecule has 0 amide bonds. The van der Waals surface area contributed by atoms with Crippen LogP contribution in [0.2, 0.25) is 0 Å². The number of nitrogens with zero attached hydrogens (tertiary/aromatic N) is 1. The molecule has 0 aliphatic carbocycles. The van der Waals surface area contributed by atoms with Crippen LogP contribution in [0.4, 0.5) is 0 Å². The summed E-state index contributed by atoms with van der Waals surface area (Å²) in [4.78, 5) is 2.35. The molecular formula is C16H28N2O. The van der Waals surface area contributed by atoms with Crippen molar-refractivity contribution in [1.29, 1.82) is 0 Å². The first-order chi connectivity index (χ1) is 9.22. The zero-order valence-corrected chi connectivity index (χ0v) is 12.5. The summed E-state index contributed by atoms with van der Waals surface area (Å²) in [7, 11) is 0. The van der Waals surface area contributed by atoms with Gasteiger partial charge in [0.15, 0.2) is 0 Å². The van der Waals surface area contributed by atoms with E-state index in [0.717, 1.165) is 38.2 Å². The third-order valence-electron chi connectivity index (χ3n) is 3.70. The van der Waals surface area contributed by atoms with E-state index < -0.39 is 0 Å². The quantitative estimate of drug-likeness (QED) is 0.718. The van der Waals surface area contributed by atoms with Crippen molar-refractivity contribution in [2.24, 2.45) is 0 Å². The fourth-order valence-electron chi connectivity index (χ4n) is 2.40. The fourth-order valence-corrected chi connectivity index (χ4v) is 2.40. The van der Waals surface area contributed by atoms with Crippen LogP contribution < -0.4 is 5.32 Å². The molecule has 0 bridgehead atoms. The van der Waals surface area contributed by atoms with Crippen molar-refractivity contribution in [3.63, 3.8) is 0 Å². The van der Waals surface area contributed by atoms with Crippen LogP contribution in [0.25, 0.3) is 0 Å². The maximum absolute atomic E-state index is 10.0. The Balaban J connectivity index is 3.00. The molecule has 0 saturated heterocycles. The highest BCUT2D eigenvalue weighted by molar-refractivity contribution is 5.25. The van der Waals surface area contributed by atoms with Gasteiger partial charge in [0.05, 0.1) is 12.1 Å². The molecule has 0 spiro atoms. The molecule has 1 aromatic carbocycles. The molecule has 0 heterocycles. The monoisotopic (exact) mass is 264 g/mol. The van der Waals surface area contributed by atoms with Crippen LogP contribution >= 0.6 is 0 Å². The van der Waals surface area contributed by atoms with Crippen molar-refractivity contribution in [1.82, 2.24) is 10.2 Å². The molecule has 0 aliphatic rings. The Hall–Kier alpha value is -0.900. The maximum atomic E-state index is 10.0. The van der Waals surface area contributed by atoms with Gasteiger partial charge in [-0.3, -0.25) is 0 Å². The summed E-state index contributed by atoms with van der Waals surface area (Å²) in [6.45, 7) is 10.3. The molecule has 1 unspecified atom stereocenters. The van der Waals surface area contributed by atoms with E-state index in [1.807, 2.05) is 18.2 Å². The van der Waals surface area contributed by atoms with E-state index in [1.54, 1.807) is 0 Å². The highest BCUT2D eigenvalue weighted by Gasteiger charge is 2.32. The topological polar surface area (TPSA) is 35.5 Å². The fraction of sp³-hybridized carbons (Fsp3) is 0.625. The SMILES string of the molecule is CCCNC(CO)(CN(CC)CC)c1ccccc1. The summed E-state index contributed by atoms with van der Waals surface area (Å²) in [5, 5.41) is 13.6. The lowest BCUT2D eigenvalue weighted by atomic mass is 9.89. The van der Waals surface area contributed by atoms with Gasteiger partial charge in [-0.1, -0.05) is 51.1 Å². The highest BCUT2D eigenvalue weighted by Crippen LogP contribution is 2.22. The first-order valence-electron chi connectivity index (χ1n) is 7.36. The summed E-state index contributed by atoms with van der Waals surface area (Å²) in [6.07, 6.45) is 1.06. The third kappa shape index (κ3) is 4.30. The van der Waals surface area contributed by atoms with Crippen molar-refractivity contribution in [3.05, 3.63) is 35.9 Å².